The predicted octanol–water partition coefficient (Wildman–Crippen LogP) is 3.51. The van der Waals surface area contributed by atoms with Crippen LogP contribution in [0, 0.1) is 5.92 Å². The van der Waals surface area contributed by atoms with Crippen molar-refractivity contribution in [3.8, 4) is 11.1 Å². The number of H-pyrrole nitrogens is 1. The molecule has 2 aromatic heterocycles. The Morgan fingerprint density at radius 1 is 1.16 bits per heavy atom. The van der Waals surface area contributed by atoms with Gasteiger partial charge in [0.15, 0.2) is 5.65 Å². The first-order chi connectivity index (χ1) is 15.2. The summed E-state index contributed by atoms with van der Waals surface area (Å²) < 4.78 is 1.61. The Labute approximate surface area is 184 Å². The van der Waals surface area contributed by atoms with Gasteiger partial charge in [-0.05, 0) is 54.3 Å². The van der Waals surface area contributed by atoms with Crippen molar-refractivity contribution < 1.29 is 0 Å². The number of nitrogens with one attached hydrogen (secondary N) is 3. The van der Waals surface area contributed by atoms with Gasteiger partial charge in [0.25, 0.3) is 0 Å². The van der Waals surface area contributed by atoms with Crippen molar-refractivity contribution in [3.63, 3.8) is 0 Å². The van der Waals surface area contributed by atoms with E-state index in [9.17, 15) is 4.79 Å². The first-order valence-electron chi connectivity index (χ1n) is 10.4. The van der Waals surface area contributed by atoms with E-state index in [0.717, 1.165) is 42.7 Å². The number of aromatic nitrogens is 4. The monoisotopic (exact) mass is 434 g/mol. The molecule has 0 amide bonds. The number of halogens is 1. The molecule has 1 atom stereocenters. The van der Waals surface area contributed by atoms with E-state index in [1.54, 1.807) is 10.8 Å². The molecule has 1 fully saturated rings. The van der Waals surface area contributed by atoms with Crippen LogP contribution in [0.1, 0.15) is 12.0 Å². The van der Waals surface area contributed by atoms with E-state index in [1.807, 2.05) is 36.4 Å². The number of anilines is 1. The number of imidazole rings is 1. The molecule has 0 spiro atoms. The Kier molecular flexibility index (Phi) is 5.44. The smallest absolute Gasteiger partial charge is 0.328 e. The highest BCUT2D eigenvalue weighted by molar-refractivity contribution is 6.31. The lowest BCUT2D eigenvalue weighted by atomic mass is 10.0. The van der Waals surface area contributed by atoms with Gasteiger partial charge in [0, 0.05) is 11.6 Å². The molecule has 31 heavy (non-hydrogen) atoms. The van der Waals surface area contributed by atoms with E-state index in [4.69, 9.17) is 11.6 Å². The molecule has 0 radical (unpaired) electrons. The molecular formula is C23H23ClN6O. The minimum Gasteiger partial charge on any atom is -0.354 e. The summed E-state index contributed by atoms with van der Waals surface area (Å²) in [6.45, 7) is 3.17. The quantitative estimate of drug-likeness (QED) is 0.432. The molecule has 1 aliphatic rings. The highest BCUT2D eigenvalue weighted by Crippen LogP contribution is 2.26. The van der Waals surface area contributed by atoms with Gasteiger partial charge in [-0.25, -0.2) is 9.78 Å². The number of benzene rings is 2. The van der Waals surface area contributed by atoms with Crippen molar-refractivity contribution in [2.75, 3.05) is 25.0 Å². The Hall–Kier alpha value is -3.16. The van der Waals surface area contributed by atoms with E-state index in [1.165, 1.54) is 0 Å². The summed E-state index contributed by atoms with van der Waals surface area (Å²) in [6, 6.07) is 16.0. The van der Waals surface area contributed by atoms with Crippen molar-refractivity contribution in [1.29, 1.82) is 0 Å². The van der Waals surface area contributed by atoms with Gasteiger partial charge in [0.2, 0.25) is 5.95 Å². The summed E-state index contributed by atoms with van der Waals surface area (Å²) in [5.41, 5.74) is 3.94. The fourth-order valence-electron chi connectivity index (χ4n) is 3.98. The van der Waals surface area contributed by atoms with Crippen LogP contribution < -0.4 is 16.3 Å². The number of rotatable bonds is 6. The number of aromatic amines is 1. The molecule has 5 rings (SSSR count). The largest absolute Gasteiger partial charge is 0.354 e. The Morgan fingerprint density at radius 2 is 2.03 bits per heavy atom. The summed E-state index contributed by atoms with van der Waals surface area (Å²) in [6.07, 6.45) is 2.79. The Bertz CT molecular complexity index is 1260. The third-order valence-electron chi connectivity index (χ3n) is 5.70. The molecule has 3 heterocycles. The van der Waals surface area contributed by atoms with E-state index < -0.39 is 0 Å². The molecule has 4 aromatic rings. The molecule has 158 valence electrons. The number of nitrogens with zero attached hydrogens (tertiary/aromatic N) is 3. The number of hydrogen-bond acceptors (Lipinski definition) is 5. The maximum Gasteiger partial charge on any atom is 0.328 e. The standard InChI is InChI=1S/C23H23ClN6O/c24-19-7-6-17(16-4-2-1-3-5-16)10-18(19)14-30-21-20(28-23(30)31)13-27-22(29-21)26-12-15-8-9-25-11-15/h1-7,10,13,15,25H,8-9,11-12,14H2,(H,28,31)(H,26,27,29)/t15-/m1/s1. The zero-order valence-corrected chi connectivity index (χ0v) is 17.7. The normalized spacial score (nSPS) is 16.1. The van der Waals surface area contributed by atoms with Crippen molar-refractivity contribution >= 4 is 28.7 Å². The summed E-state index contributed by atoms with van der Waals surface area (Å²) >= 11 is 6.48. The van der Waals surface area contributed by atoms with Crippen LogP contribution in [0.25, 0.3) is 22.3 Å². The lowest BCUT2D eigenvalue weighted by Gasteiger charge is -2.11. The second kappa shape index (κ2) is 8.53. The lowest BCUT2D eigenvalue weighted by molar-refractivity contribution is 0.613. The summed E-state index contributed by atoms with van der Waals surface area (Å²) in [5.74, 6) is 1.09. The predicted molar refractivity (Wildman–Crippen MR) is 124 cm³/mol. The Morgan fingerprint density at radius 3 is 2.84 bits per heavy atom. The van der Waals surface area contributed by atoms with Gasteiger partial charge >= 0.3 is 5.69 Å². The molecule has 7 nitrogen and oxygen atoms in total. The van der Waals surface area contributed by atoms with Crippen molar-refractivity contribution in [2.45, 2.75) is 13.0 Å². The first kappa shape index (κ1) is 19.8. The fraction of sp³-hybridized carbons (Fsp3) is 0.261. The molecule has 3 N–H and O–H groups in total. The van der Waals surface area contributed by atoms with Crippen LogP contribution in [0.2, 0.25) is 5.02 Å². The average molecular weight is 435 g/mol. The molecule has 0 saturated carbocycles. The van der Waals surface area contributed by atoms with Crippen LogP contribution in [0.4, 0.5) is 5.95 Å². The van der Waals surface area contributed by atoms with Gasteiger partial charge in [-0.2, -0.15) is 4.98 Å². The van der Waals surface area contributed by atoms with Crippen LogP contribution in [0.15, 0.2) is 59.5 Å². The van der Waals surface area contributed by atoms with Gasteiger partial charge in [-0.1, -0.05) is 48.0 Å². The van der Waals surface area contributed by atoms with Gasteiger partial charge in [-0.15, -0.1) is 0 Å². The van der Waals surface area contributed by atoms with Crippen LogP contribution in [-0.2, 0) is 6.54 Å². The van der Waals surface area contributed by atoms with Crippen LogP contribution in [-0.4, -0.2) is 39.2 Å². The van der Waals surface area contributed by atoms with Crippen LogP contribution >= 0.6 is 11.6 Å². The fourth-order valence-corrected chi connectivity index (χ4v) is 4.16. The lowest BCUT2D eigenvalue weighted by Crippen LogP contribution is -2.19. The van der Waals surface area contributed by atoms with E-state index >= 15 is 0 Å². The second-order valence-electron chi connectivity index (χ2n) is 7.86. The van der Waals surface area contributed by atoms with E-state index in [2.05, 4.69) is 37.7 Å². The van der Waals surface area contributed by atoms with Crippen molar-refractivity contribution in [2.24, 2.45) is 5.92 Å². The molecular weight excluding hydrogens is 412 g/mol. The molecule has 2 aromatic carbocycles. The topological polar surface area (TPSA) is 87.6 Å². The highest BCUT2D eigenvalue weighted by atomic mass is 35.5. The summed E-state index contributed by atoms with van der Waals surface area (Å²) in [7, 11) is 0. The molecule has 0 unspecified atom stereocenters. The third-order valence-corrected chi connectivity index (χ3v) is 6.07. The summed E-state index contributed by atoms with van der Waals surface area (Å²) in [5, 5.41) is 7.27. The van der Waals surface area contributed by atoms with Gasteiger partial charge in [-0.3, -0.25) is 4.57 Å². The zero-order chi connectivity index (χ0) is 21.2. The number of hydrogen-bond donors (Lipinski definition) is 3. The minimum atomic E-state index is -0.234. The van der Waals surface area contributed by atoms with Crippen LogP contribution in [0.3, 0.4) is 0 Å². The van der Waals surface area contributed by atoms with Gasteiger partial charge < -0.3 is 15.6 Å². The molecule has 0 bridgehead atoms. The van der Waals surface area contributed by atoms with Gasteiger partial charge in [0.1, 0.15) is 5.52 Å². The molecule has 0 aliphatic carbocycles. The van der Waals surface area contributed by atoms with Gasteiger partial charge in [0.05, 0.1) is 12.7 Å². The maximum atomic E-state index is 12.7. The second-order valence-corrected chi connectivity index (χ2v) is 8.27. The first-order valence-corrected chi connectivity index (χ1v) is 10.8. The maximum absolute atomic E-state index is 12.7. The molecule has 1 saturated heterocycles. The van der Waals surface area contributed by atoms with Crippen LogP contribution in [0.5, 0.6) is 0 Å². The minimum absolute atomic E-state index is 0.234. The Balaban J connectivity index is 1.45. The van der Waals surface area contributed by atoms with Crippen molar-refractivity contribution in [3.05, 3.63) is 75.8 Å². The third kappa shape index (κ3) is 4.19. The average Bonchev–Trinajstić information content (AvgIpc) is 3.42. The zero-order valence-electron chi connectivity index (χ0n) is 16.9. The summed E-state index contributed by atoms with van der Waals surface area (Å²) in [4.78, 5) is 24.5. The SMILES string of the molecule is O=c1[nH]c2cnc(NC[C@@H]3CCNC3)nc2n1Cc1cc(-c2ccccc2)ccc1Cl. The molecule has 8 heteroatoms. The van der Waals surface area contributed by atoms with E-state index in [-0.39, 0.29) is 5.69 Å². The van der Waals surface area contributed by atoms with Crippen molar-refractivity contribution in [1.82, 2.24) is 24.8 Å². The molecule has 1 aliphatic heterocycles. The highest BCUT2D eigenvalue weighted by Gasteiger charge is 2.16. The van der Waals surface area contributed by atoms with E-state index in [0.29, 0.717) is 34.6 Å². The number of fused-ring (bicyclic) bond motifs is 1.